The molecule has 2 heterocycles. The summed E-state index contributed by atoms with van der Waals surface area (Å²) in [6, 6.07) is 16.5. The predicted octanol–water partition coefficient (Wildman–Crippen LogP) is 6.97. The fraction of sp³-hybridized carbons (Fsp3) is 0.303. The Hall–Kier alpha value is -4.84. The zero-order valence-corrected chi connectivity index (χ0v) is 28.3. The van der Waals surface area contributed by atoms with Crippen LogP contribution in [-0.2, 0) is 27.9 Å². The molecule has 0 saturated heterocycles. The summed E-state index contributed by atoms with van der Waals surface area (Å²) in [6.07, 6.45) is 3.80. The van der Waals surface area contributed by atoms with Gasteiger partial charge in [-0.1, -0.05) is 37.8 Å². The van der Waals surface area contributed by atoms with Gasteiger partial charge in [-0.05, 0) is 72.8 Å². The monoisotopic (exact) mass is 670 g/mol. The summed E-state index contributed by atoms with van der Waals surface area (Å²) in [7, 11) is -5.81. The first-order valence-electron chi connectivity index (χ1n) is 15.2. The van der Waals surface area contributed by atoms with Crippen molar-refractivity contribution in [2.24, 2.45) is 0 Å². The first kappa shape index (κ1) is 32.1. The van der Waals surface area contributed by atoms with E-state index in [4.69, 9.17) is 14.3 Å². The van der Waals surface area contributed by atoms with E-state index >= 15 is 0 Å². The SMILES string of the molecule is Cc1c(C#N)ccc2c1CCC2N(c1ccc2c(c1)c(-c1cnco1)nn2COCC[Si](C)(C)C)S(=O)(=O)c1ccccc1[N+](=O)[O-]. The number of nitro groups is 1. The van der Waals surface area contributed by atoms with E-state index in [0.29, 0.717) is 53.1 Å². The Balaban J connectivity index is 1.52. The minimum atomic E-state index is -4.50. The first-order valence-corrected chi connectivity index (χ1v) is 20.3. The van der Waals surface area contributed by atoms with Gasteiger partial charge in [0.25, 0.3) is 15.7 Å². The van der Waals surface area contributed by atoms with Crippen LogP contribution in [0.15, 0.2) is 76.5 Å². The second kappa shape index (κ2) is 12.4. The van der Waals surface area contributed by atoms with Crippen molar-refractivity contribution in [2.45, 2.75) is 63.1 Å². The average Bonchev–Trinajstić information content (AvgIpc) is 3.79. The van der Waals surface area contributed by atoms with E-state index < -0.39 is 39.6 Å². The number of nitrogens with zero attached hydrogens (tertiary/aromatic N) is 6. The van der Waals surface area contributed by atoms with Gasteiger partial charge in [0, 0.05) is 26.1 Å². The maximum Gasteiger partial charge on any atom is 0.289 e. The number of nitriles is 1. The molecule has 0 amide bonds. The summed E-state index contributed by atoms with van der Waals surface area (Å²) in [6.45, 7) is 9.46. The van der Waals surface area contributed by atoms with Gasteiger partial charge in [0.1, 0.15) is 12.4 Å². The predicted molar refractivity (Wildman–Crippen MR) is 179 cm³/mol. The van der Waals surface area contributed by atoms with Gasteiger partial charge in [0.05, 0.1) is 40.0 Å². The van der Waals surface area contributed by atoms with Crippen LogP contribution in [0.5, 0.6) is 0 Å². The summed E-state index contributed by atoms with van der Waals surface area (Å²) >= 11 is 0. The lowest BCUT2D eigenvalue weighted by atomic mass is 9.98. The Morgan fingerprint density at radius 1 is 1.19 bits per heavy atom. The summed E-state index contributed by atoms with van der Waals surface area (Å²) in [5.41, 5.74) is 3.92. The van der Waals surface area contributed by atoms with Crippen molar-refractivity contribution < 1.29 is 22.5 Å². The van der Waals surface area contributed by atoms with Gasteiger partial charge >= 0.3 is 0 Å². The number of hydrogen-bond donors (Lipinski definition) is 0. The van der Waals surface area contributed by atoms with Crippen LogP contribution < -0.4 is 4.31 Å². The van der Waals surface area contributed by atoms with Gasteiger partial charge in [0.2, 0.25) is 0 Å². The minimum absolute atomic E-state index is 0.184. The van der Waals surface area contributed by atoms with E-state index in [0.717, 1.165) is 22.7 Å². The molecule has 0 radical (unpaired) electrons. The zero-order chi connectivity index (χ0) is 33.5. The van der Waals surface area contributed by atoms with E-state index in [2.05, 4.69) is 30.7 Å². The number of oxazole rings is 1. The Labute approximate surface area is 273 Å². The standard InChI is InChI=1S/C33H34N6O6SSi/c1-22-23(18-34)9-11-26-25(22)12-14-29(26)38(46(42,43)32-8-6-5-7-30(32)39(40)41)24-10-13-28-27(17-24)33(31-19-35-20-45-31)36-37(28)21-44-15-16-47(2,3)4/h5-11,13,17,19-20,29H,12,14-16,21H2,1-4H3. The first-order chi connectivity index (χ1) is 22.4. The quantitative estimate of drug-likeness (QED) is 0.0626. The van der Waals surface area contributed by atoms with Crippen LogP contribution in [0.25, 0.3) is 22.4 Å². The fourth-order valence-corrected chi connectivity index (χ4v) is 8.66. The molecule has 0 fully saturated rings. The third-order valence-electron chi connectivity index (χ3n) is 8.53. The fourth-order valence-electron chi connectivity index (χ4n) is 6.09. The molecule has 14 heteroatoms. The van der Waals surface area contributed by atoms with Crippen LogP contribution in [0, 0.1) is 28.4 Å². The number of para-hydroxylation sites is 1. The van der Waals surface area contributed by atoms with Crippen molar-refractivity contribution in [1.82, 2.24) is 14.8 Å². The zero-order valence-electron chi connectivity index (χ0n) is 26.5. The van der Waals surface area contributed by atoms with Crippen molar-refractivity contribution in [3.8, 4) is 17.5 Å². The maximum absolute atomic E-state index is 14.7. The van der Waals surface area contributed by atoms with Crippen molar-refractivity contribution in [3.05, 3.63) is 99.6 Å². The molecule has 0 bridgehead atoms. The van der Waals surface area contributed by atoms with Crippen molar-refractivity contribution in [2.75, 3.05) is 10.9 Å². The van der Waals surface area contributed by atoms with Gasteiger partial charge in [0.15, 0.2) is 17.0 Å². The summed E-state index contributed by atoms with van der Waals surface area (Å²) in [5.74, 6) is 0.395. The number of rotatable bonds is 11. The van der Waals surface area contributed by atoms with Crippen LogP contribution in [-0.4, -0.2) is 42.8 Å². The molecule has 6 rings (SSSR count). The lowest BCUT2D eigenvalue weighted by Crippen LogP contribution is -2.34. The van der Waals surface area contributed by atoms with Crippen LogP contribution in [0.2, 0.25) is 25.7 Å². The van der Waals surface area contributed by atoms with E-state index in [9.17, 15) is 23.8 Å². The highest BCUT2D eigenvalue weighted by atomic mass is 32.2. The molecule has 1 unspecified atom stereocenters. The number of aromatic nitrogens is 3. The molecule has 12 nitrogen and oxygen atoms in total. The van der Waals surface area contributed by atoms with Crippen molar-refractivity contribution >= 4 is 40.4 Å². The highest BCUT2D eigenvalue weighted by Crippen LogP contribution is 2.45. The Bertz CT molecular complexity index is 2130. The van der Waals surface area contributed by atoms with Gasteiger partial charge in [-0.2, -0.15) is 10.4 Å². The van der Waals surface area contributed by atoms with E-state index in [1.807, 2.05) is 6.92 Å². The van der Waals surface area contributed by atoms with Gasteiger partial charge in [-0.15, -0.1) is 0 Å². The molecule has 3 aromatic carbocycles. The van der Waals surface area contributed by atoms with E-state index in [-0.39, 0.29) is 6.73 Å². The molecule has 242 valence electrons. The molecular weight excluding hydrogens is 637 g/mol. The molecule has 2 aromatic heterocycles. The number of nitro benzene ring substituents is 1. The number of benzene rings is 3. The Morgan fingerprint density at radius 2 is 1.98 bits per heavy atom. The number of sulfonamides is 1. The highest BCUT2D eigenvalue weighted by molar-refractivity contribution is 7.93. The smallest absolute Gasteiger partial charge is 0.289 e. The Morgan fingerprint density at radius 3 is 2.68 bits per heavy atom. The Kier molecular flexibility index (Phi) is 8.47. The molecule has 1 aliphatic carbocycles. The number of ether oxygens (including phenoxy) is 1. The molecule has 0 spiro atoms. The largest absolute Gasteiger partial charge is 0.442 e. The number of hydrogen-bond acceptors (Lipinski definition) is 9. The number of anilines is 1. The lowest BCUT2D eigenvalue weighted by Gasteiger charge is -2.31. The lowest BCUT2D eigenvalue weighted by molar-refractivity contribution is -0.387. The maximum atomic E-state index is 14.7. The van der Waals surface area contributed by atoms with E-state index in [1.165, 1.54) is 41.2 Å². The van der Waals surface area contributed by atoms with Gasteiger partial charge in [-0.3, -0.25) is 14.4 Å². The minimum Gasteiger partial charge on any atom is -0.442 e. The van der Waals surface area contributed by atoms with Crippen LogP contribution in [0.4, 0.5) is 11.4 Å². The molecule has 1 aliphatic rings. The topological polar surface area (TPSA) is 157 Å². The third kappa shape index (κ3) is 6.05. The van der Waals surface area contributed by atoms with Crippen molar-refractivity contribution in [3.63, 3.8) is 0 Å². The molecule has 0 aliphatic heterocycles. The molecule has 5 aromatic rings. The third-order valence-corrected chi connectivity index (χ3v) is 12.1. The van der Waals surface area contributed by atoms with Crippen LogP contribution in [0.1, 0.15) is 34.7 Å². The molecule has 47 heavy (non-hydrogen) atoms. The highest BCUT2D eigenvalue weighted by Gasteiger charge is 2.40. The summed E-state index contributed by atoms with van der Waals surface area (Å²) in [4.78, 5) is 15.0. The molecule has 1 atom stereocenters. The summed E-state index contributed by atoms with van der Waals surface area (Å²) in [5, 5.41) is 27.0. The number of fused-ring (bicyclic) bond motifs is 2. The second-order valence-electron chi connectivity index (χ2n) is 12.8. The van der Waals surface area contributed by atoms with Crippen molar-refractivity contribution in [1.29, 1.82) is 5.26 Å². The van der Waals surface area contributed by atoms with E-state index in [1.54, 1.807) is 35.0 Å². The average molecular weight is 671 g/mol. The molecular formula is C33H34N6O6SSi. The summed E-state index contributed by atoms with van der Waals surface area (Å²) < 4.78 is 44.0. The second-order valence-corrected chi connectivity index (χ2v) is 20.2. The molecule has 0 N–H and O–H groups in total. The van der Waals surface area contributed by atoms with Gasteiger partial charge in [-0.25, -0.2) is 18.1 Å². The normalized spacial score (nSPS) is 14.7. The van der Waals surface area contributed by atoms with Crippen LogP contribution in [0.3, 0.4) is 0 Å². The molecule has 0 saturated carbocycles. The van der Waals surface area contributed by atoms with Crippen LogP contribution >= 0.6 is 0 Å². The van der Waals surface area contributed by atoms with Gasteiger partial charge < -0.3 is 9.15 Å².